The summed E-state index contributed by atoms with van der Waals surface area (Å²) >= 11 is 0. The van der Waals surface area contributed by atoms with E-state index in [1.165, 1.54) is 57.6 Å². The number of methoxy groups -OCH3 is 1. The fourth-order valence-electron chi connectivity index (χ4n) is 12.6. The molecule has 5 aliphatic heterocycles. The second-order valence-corrected chi connectivity index (χ2v) is 23.2. The van der Waals surface area contributed by atoms with Gasteiger partial charge in [-0.1, -0.05) is 45.9 Å². The van der Waals surface area contributed by atoms with Crippen LogP contribution in [0, 0.1) is 56.2 Å². The van der Waals surface area contributed by atoms with Gasteiger partial charge in [0.05, 0.1) is 58.7 Å². The molecule has 0 radical (unpaired) electrons. The third kappa shape index (κ3) is 10.7. The van der Waals surface area contributed by atoms with Crippen LogP contribution in [0.1, 0.15) is 140 Å². The molecule has 81 heavy (non-hydrogen) atoms. The minimum atomic E-state index is -2.16. The molecule has 7 aliphatic rings. The minimum Gasteiger partial charge on any atom is -0.507 e. The van der Waals surface area contributed by atoms with Crippen LogP contribution >= 0.6 is 0 Å². The number of aryl methyl sites for hydroxylation is 2. The Kier molecular flexibility index (Phi) is 16.4. The van der Waals surface area contributed by atoms with E-state index in [0.717, 1.165) is 30.2 Å². The fourth-order valence-corrected chi connectivity index (χ4v) is 12.6. The van der Waals surface area contributed by atoms with E-state index in [1.54, 1.807) is 51.7 Å². The first kappa shape index (κ1) is 58.5. The average molecular weight is 1120 g/mol. The number of benzene rings is 1. The molecule has 3 fully saturated rings. The number of pyridine rings is 2. The summed E-state index contributed by atoms with van der Waals surface area (Å²) in [4.78, 5) is 103. The topological polar surface area (TPSA) is 252 Å². The molecule has 3 aromatic rings. The van der Waals surface area contributed by atoms with Crippen LogP contribution in [0.25, 0.3) is 5.52 Å². The Balaban J connectivity index is 1.01. The Morgan fingerprint density at radius 1 is 0.852 bits per heavy atom. The van der Waals surface area contributed by atoms with Gasteiger partial charge in [0.1, 0.15) is 29.0 Å². The minimum absolute atomic E-state index is 0.0505. The Morgan fingerprint density at radius 2 is 1.53 bits per heavy atom. The molecule has 1 saturated carbocycles. The first-order valence-electron chi connectivity index (χ1n) is 28.0. The molecule has 10 atom stereocenters. The summed E-state index contributed by atoms with van der Waals surface area (Å²) in [7, 11) is 1.41. The zero-order valence-corrected chi connectivity index (χ0v) is 47.8. The Bertz CT molecular complexity index is 3310. The standard InChI is InChI=1S/C61H74FN5O14/c1-28-13-12-14-29(2)58(75)64-46-49(65-21-17-38(18-22-65)59(76)63-39-19-23-66(26-39)48-32(5)47-40(37-15-16-37)25-30(3)60(77)67(47)27-41(48)62)54(73)43-44(53(46)72)52(71)35(8)56-45(43)57(74)61(10,81-56)79-24-20-42(78-11)31(4)55(80-36(9)68)34(7)51(70)33(6)50(28)69/h12-14,20,24-25,27-28,31,33-34,37-39,42,50-51,55,69-71H,15-19,21-23,26H2,1-11H3,(H,63,76)(H,64,75)/b13-12+,24-20+,29-14-/t28-,31+,33+,34+,39-,42-,50-,51+,55+,61-/m0/s1. The Hall–Kier alpha value is -7.16. The number of aromatic nitrogens is 1. The average Bonchev–Trinajstić information content (AvgIpc) is 2.53. The lowest BCUT2D eigenvalue weighted by Crippen LogP contribution is -2.47. The van der Waals surface area contributed by atoms with Gasteiger partial charge in [-0.25, -0.2) is 4.39 Å². The van der Waals surface area contributed by atoms with Crippen LogP contribution in [-0.4, -0.2) is 129 Å². The normalized spacial score (nSPS) is 30.2. The number of fused-ring (bicyclic) bond motifs is 15. The van der Waals surface area contributed by atoms with Crippen molar-refractivity contribution in [3.05, 3.63) is 115 Å². The number of nitrogens with zero attached hydrogens (tertiary/aromatic N) is 3. The van der Waals surface area contributed by atoms with Gasteiger partial charge in [0.15, 0.2) is 5.82 Å². The number of piperidine rings is 1. The number of aromatic hydroxyl groups is 1. The van der Waals surface area contributed by atoms with Gasteiger partial charge < -0.3 is 54.7 Å². The SMILES string of the molecule is CO[C@H]1/C=C/O[C@@]2(C)Oc3c(C)c(O)c4c(c3C2=O)C(=O)C(N2CCC(C(=O)N[C@H]3CCN(c5c(F)cn6c(=O)c(C)cc(C7CC7)c6c5C)C3)CC2)=C(NC(=O)/C(C)=C\C=C\[C@H](C)[C@H](O)[C@@H](C)[C@@H](O)[C@@H](C)[C@H](OC(C)=O)[C@@H]1C)C4=O. The molecular weight excluding hydrogens is 1050 g/mol. The maximum atomic E-state index is 16.0. The predicted octanol–water partition coefficient (Wildman–Crippen LogP) is 6.31. The molecule has 20 heteroatoms. The molecule has 19 nitrogen and oxygen atoms in total. The number of phenolic OH excluding ortho intramolecular Hbond substituents is 1. The summed E-state index contributed by atoms with van der Waals surface area (Å²) in [6.45, 7) is 16.7. The molecular formula is C61H74FN5O14. The summed E-state index contributed by atoms with van der Waals surface area (Å²) < 4.78 is 41.3. The van der Waals surface area contributed by atoms with E-state index >= 15 is 14.0 Å². The van der Waals surface area contributed by atoms with Crippen LogP contribution < -0.4 is 25.8 Å². The van der Waals surface area contributed by atoms with Crippen molar-refractivity contribution in [3.8, 4) is 11.5 Å². The number of rotatable bonds is 7. The number of esters is 1. The van der Waals surface area contributed by atoms with Gasteiger partial charge in [-0.05, 0) is 89.0 Å². The molecule has 2 aromatic heterocycles. The molecule has 1 aromatic carbocycles. The van der Waals surface area contributed by atoms with Crippen LogP contribution in [0.15, 0.2) is 64.6 Å². The van der Waals surface area contributed by atoms with Crippen molar-refractivity contribution in [2.75, 3.05) is 38.2 Å². The first-order chi connectivity index (χ1) is 38.3. The fraction of sp³-hybridized carbons (Fsp3) is 0.525. The van der Waals surface area contributed by atoms with Crippen LogP contribution in [0.2, 0.25) is 0 Å². The highest BCUT2D eigenvalue weighted by Gasteiger charge is 2.53. The van der Waals surface area contributed by atoms with E-state index < -0.39 is 117 Å². The second kappa shape index (κ2) is 22.6. The second-order valence-electron chi connectivity index (χ2n) is 23.2. The van der Waals surface area contributed by atoms with Crippen LogP contribution in [-0.2, 0) is 28.6 Å². The molecule has 2 saturated heterocycles. The van der Waals surface area contributed by atoms with Gasteiger partial charge in [-0.15, -0.1) is 0 Å². The first-order valence-corrected chi connectivity index (χ1v) is 28.0. The van der Waals surface area contributed by atoms with Gasteiger partial charge >= 0.3 is 11.8 Å². The number of Topliss-reactive ketones (excluding diaryl/α,β-unsaturated/α-hetero) is 3. The molecule has 5 bridgehead atoms. The molecule has 2 aliphatic carbocycles. The number of hydrogen-bond acceptors (Lipinski definition) is 16. The summed E-state index contributed by atoms with van der Waals surface area (Å²) in [6.07, 6.45) is 7.37. The number of anilines is 1. The molecule has 0 spiro atoms. The van der Waals surface area contributed by atoms with Crippen LogP contribution in [0.5, 0.6) is 11.5 Å². The van der Waals surface area contributed by atoms with Crippen molar-refractivity contribution in [2.24, 2.45) is 29.6 Å². The number of amides is 2. The number of hydrogen-bond donors (Lipinski definition) is 5. The van der Waals surface area contributed by atoms with E-state index in [4.69, 9.17) is 18.9 Å². The summed E-state index contributed by atoms with van der Waals surface area (Å²) in [5.74, 6) is -10.8. The number of phenols is 1. The quantitative estimate of drug-likeness (QED) is 0.163. The lowest BCUT2D eigenvalue weighted by molar-refractivity contribution is -0.160. The van der Waals surface area contributed by atoms with Crippen molar-refractivity contribution in [2.45, 2.75) is 144 Å². The number of aliphatic hydroxyl groups is 2. The van der Waals surface area contributed by atoms with Crippen molar-refractivity contribution in [3.63, 3.8) is 0 Å². The molecule has 2 amide bonds. The zero-order chi connectivity index (χ0) is 58.8. The number of allylic oxidation sites excluding steroid dienone is 4. The van der Waals surface area contributed by atoms with Crippen molar-refractivity contribution in [1.82, 2.24) is 19.9 Å². The highest BCUT2D eigenvalue weighted by Crippen LogP contribution is 2.50. The highest BCUT2D eigenvalue weighted by atomic mass is 19.1. The van der Waals surface area contributed by atoms with Gasteiger partial charge in [0.2, 0.25) is 17.5 Å². The number of ether oxygens (including phenoxy) is 4. The van der Waals surface area contributed by atoms with E-state index in [2.05, 4.69) is 10.6 Å². The van der Waals surface area contributed by atoms with Crippen LogP contribution in [0.4, 0.5) is 10.1 Å². The number of halogens is 1. The molecule has 0 unspecified atom stereocenters. The Morgan fingerprint density at radius 3 is 2.19 bits per heavy atom. The predicted molar refractivity (Wildman–Crippen MR) is 296 cm³/mol. The monoisotopic (exact) mass is 1120 g/mol. The van der Waals surface area contributed by atoms with E-state index in [-0.39, 0.29) is 71.6 Å². The number of carbonyl (C=O) groups is 6. The number of carbonyl (C=O) groups excluding carboxylic acids is 6. The van der Waals surface area contributed by atoms with E-state index in [1.807, 2.05) is 17.9 Å². The highest BCUT2D eigenvalue weighted by molar-refractivity contribution is 6.32. The lowest BCUT2D eigenvalue weighted by atomic mass is 9.78. The van der Waals surface area contributed by atoms with E-state index in [9.17, 15) is 39.3 Å². The lowest BCUT2D eigenvalue weighted by Gasteiger charge is -2.38. The van der Waals surface area contributed by atoms with Gasteiger partial charge in [-0.3, -0.25) is 38.0 Å². The van der Waals surface area contributed by atoms with E-state index in [0.29, 0.717) is 42.2 Å². The molecule has 5 N–H and O–H groups in total. The smallest absolute Gasteiger partial charge is 0.312 e. The maximum Gasteiger partial charge on any atom is 0.312 e. The molecule has 434 valence electrons. The van der Waals surface area contributed by atoms with Crippen molar-refractivity contribution < 1.29 is 67.4 Å². The Labute approximate surface area is 469 Å². The largest absolute Gasteiger partial charge is 0.507 e. The van der Waals surface area contributed by atoms with Gasteiger partial charge in [0, 0.05) is 99.5 Å². The summed E-state index contributed by atoms with van der Waals surface area (Å²) in [5, 5.41) is 40.8. The zero-order valence-electron chi connectivity index (χ0n) is 47.8. The number of likely N-dealkylation sites (tertiary alicyclic amines) is 1. The number of aliphatic hydroxyl groups excluding tert-OH is 2. The van der Waals surface area contributed by atoms with Crippen molar-refractivity contribution in [1.29, 1.82) is 0 Å². The number of ketones is 3. The van der Waals surface area contributed by atoms with Gasteiger partial charge in [-0.2, -0.15) is 0 Å². The summed E-state index contributed by atoms with van der Waals surface area (Å²) in [5.41, 5.74) is 1.15. The van der Waals surface area contributed by atoms with Crippen molar-refractivity contribution >= 4 is 46.3 Å². The third-order valence-corrected chi connectivity index (χ3v) is 17.6. The van der Waals surface area contributed by atoms with Crippen LogP contribution in [0.3, 0.4) is 0 Å². The molecule has 10 rings (SSSR count). The number of nitrogens with one attached hydrogen (secondary N) is 2. The summed E-state index contributed by atoms with van der Waals surface area (Å²) in [6, 6.07) is 1.60. The molecule has 7 heterocycles. The third-order valence-electron chi connectivity index (χ3n) is 17.6. The maximum absolute atomic E-state index is 16.0. The van der Waals surface area contributed by atoms with Gasteiger partial charge in [0.25, 0.3) is 17.2 Å².